The minimum atomic E-state index is -0.187. The zero-order chi connectivity index (χ0) is 14.0. The number of hydrogen-bond acceptors (Lipinski definition) is 4. The van der Waals surface area contributed by atoms with Crippen LogP contribution >= 0.6 is 11.3 Å². The Morgan fingerprint density at radius 1 is 1.63 bits per heavy atom. The Hall–Kier alpha value is -1.40. The molecular formula is C13H20N4OS. The standard InChI is InChI=1S/C13H20N4OS/c1-5-16(4)12(18)10(3)14-8-11-9(2)15-13-17(11)6-7-19-13/h6-7,10,14H,5,8H2,1-4H3. The second-order valence-corrected chi connectivity index (χ2v) is 5.53. The van der Waals surface area contributed by atoms with Crippen molar-refractivity contribution in [2.45, 2.75) is 33.4 Å². The summed E-state index contributed by atoms with van der Waals surface area (Å²) in [6, 6.07) is -0.187. The van der Waals surface area contributed by atoms with E-state index in [0.717, 1.165) is 22.9 Å². The molecule has 6 heteroatoms. The SMILES string of the molecule is CCN(C)C(=O)C(C)NCc1c(C)nc2sccn12. The lowest BCUT2D eigenvalue weighted by Gasteiger charge is -2.20. The van der Waals surface area contributed by atoms with Gasteiger partial charge in [0.1, 0.15) is 0 Å². The van der Waals surface area contributed by atoms with Crippen molar-refractivity contribution >= 4 is 22.2 Å². The molecule has 2 heterocycles. The third-order valence-corrected chi connectivity index (χ3v) is 4.11. The summed E-state index contributed by atoms with van der Waals surface area (Å²) in [6.45, 7) is 7.25. The zero-order valence-electron chi connectivity index (χ0n) is 11.8. The molecule has 1 N–H and O–H groups in total. The Morgan fingerprint density at radius 2 is 2.37 bits per heavy atom. The lowest BCUT2D eigenvalue weighted by molar-refractivity contribution is -0.131. The van der Waals surface area contributed by atoms with Crippen molar-refractivity contribution in [3.05, 3.63) is 23.0 Å². The van der Waals surface area contributed by atoms with Crippen molar-refractivity contribution in [3.8, 4) is 0 Å². The summed E-state index contributed by atoms with van der Waals surface area (Å²) in [5.74, 6) is 0.117. The predicted octanol–water partition coefficient (Wildman–Crippen LogP) is 1.66. The van der Waals surface area contributed by atoms with E-state index in [9.17, 15) is 4.79 Å². The summed E-state index contributed by atoms with van der Waals surface area (Å²) in [6.07, 6.45) is 2.02. The number of aromatic nitrogens is 2. The molecule has 104 valence electrons. The number of carbonyl (C=O) groups is 1. The van der Waals surface area contributed by atoms with Crippen LogP contribution in [0.2, 0.25) is 0 Å². The van der Waals surface area contributed by atoms with Gasteiger partial charge in [-0.1, -0.05) is 0 Å². The summed E-state index contributed by atoms with van der Waals surface area (Å²) in [4.78, 5) is 19.2. The Kier molecular flexibility index (Phi) is 4.21. The molecule has 0 radical (unpaired) electrons. The molecule has 5 nitrogen and oxygen atoms in total. The number of imidazole rings is 1. The molecular weight excluding hydrogens is 260 g/mol. The van der Waals surface area contributed by atoms with Crippen LogP contribution in [0.25, 0.3) is 4.96 Å². The maximum Gasteiger partial charge on any atom is 0.239 e. The number of nitrogens with one attached hydrogen (secondary N) is 1. The number of hydrogen-bond donors (Lipinski definition) is 1. The monoisotopic (exact) mass is 280 g/mol. The Bertz CT molecular complexity index is 574. The largest absolute Gasteiger partial charge is 0.345 e. The molecule has 0 aliphatic rings. The van der Waals surface area contributed by atoms with Crippen molar-refractivity contribution in [3.63, 3.8) is 0 Å². The fraction of sp³-hybridized carbons (Fsp3) is 0.538. The van der Waals surface area contributed by atoms with Gasteiger partial charge in [-0.2, -0.15) is 0 Å². The molecule has 0 aromatic carbocycles. The van der Waals surface area contributed by atoms with Gasteiger partial charge in [-0.15, -0.1) is 11.3 Å². The topological polar surface area (TPSA) is 49.6 Å². The highest BCUT2D eigenvalue weighted by molar-refractivity contribution is 7.15. The first-order valence-corrected chi connectivity index (χ1v) is 7.32. The minimum absolute atomic E-state index is 0.117. The van der Waals surface area contributed by atoms with Crippen LogP contribution in [0.5, 0.6) is 0 Å². The molecule has 0 spiro atoms. The van der Waals surface area contributed by atoms with Crippen LogP contribution in [0, 0.1) is 6.92 Å². The summed E-state index contributed by atoms with van der Waals surface area (Å²) in [7, 11) is 1.82. The average Bonchev–Trinajstić information content (AvgIpc) is 2.95. The van der Waals surface area contributed by atoms with E-state index < -0.39 is 0 Å². The van der Waals surface area contributed by atoms with E-state index in [-0.39, 0.29) is 11.9 Å². The van der Waals surface area contributed by atoms with Crippen molar-refractivity contribution < 1.29 is 4.79 Å². The van der Waals surface area contributed by atoms with Crippen LogP contribution in [0.3, 0.4) is 0 Å². The second kappa shape index (κ2) is 5.71. The van der Waals surface area contributed by atoms with Gasteiger partial charge in [0.05, 0.1) is 17.4 Å². The molecule has 0 saturated heterocycles. The molecule has 0 aliphatic heterocycles. The molecule has 0 aliphatic carbocycles. The molecule has 0 fully saturated rings. The quantitative estimate of drug-likeness (QED) is 0.906. The number of fused-ring (bicyclic) bond motifs is 1. The number of likely N-dealkylation sites (N-methyl/N-ethyl adjacent to an activating group) is 1. The van der Waals surface area contributed by atoms with Gasteiger partial charge in [0, 0.05) is 31.7 Å². The van der Waals surface area contributed by atoms with Gasteiger partial charge in [0.15, 0.2) is 4.96 Å². The maximum absolute atomic E-state index is 12.0. The smallest absolute Gasteiger partial charge is 0.239 e. The molecule has 19 heavy (non-hydrogen) atoms. The first kappa shape index (κ1) is 14.0. The molecule has 2 aromatic rings. The predicted molar refractivity (Wildman–Crippen MR) is 77.4 cm³/mol. The van der Waals surface area contributed by atoms with Crippen LogP contribution in [0.1, 0.15) is 25.2 Å². The van der Waals surface area contributed by atoms with E-state index >= 15 is 0 Å². The van der Waals surface area contributed by atoms with Crippen LogP contribution in [0.15, 0.2) is 11.6 Å². The molecule has 2 aromatic heterocycles. The van der Waals surface area contributed by atoms with Gasteiger partial charge in [0.2, 0.25) is 5.91 Å². The molecule has 0 bridgehead atoms. The molecule has 1 atom stereocenters. The van der Waals surface area contributed by atoms with Gasteiger partial charge in [-0.05, 0) is 20.8 Å². The average molecular weight is 280 g/mol. The van der Waals surface area contributed by atoms with Gasteiger partial charge >= 0.3 is 0 Å². The van der Waals surface area contributed by atoms with Gasteiger partial charge < -0.3 is 10.2 Å². The van der Waals surface area contributed by atoms with E-state index in [2.05, 4.69) is 14.7 Å². The van der Waals surface area contributed by atoms with Crippen molar-refractivity contribution in [1.82, 2.24) is 19.6 Å². The minimum Gasteiger partial charge on any atom is -0.345 e. The fourth-order valence-electron chi connectivity index (χ4n) is 1.98. The highest BCUT2D eigenvalue weighted by Gasteiger charge is 2.17. The summed E-state index contributed by atoms with van der Waals surface area (Å²) in [5.41, 5.74) is 2.14. The number of nitrogens with zero attached hydrogens (tertiary/aromatic N) is 3. The van der Waals surface area contributed by atoms with Gasteiger partial charge in [-0.3, -0.25) is 9.20 Å². The molecule has 0 saturated carbocycles. The Morgan fingerprint density at radius 3 is 3.05 bits per heavy atom. The normalized spacial score (nSPS) is 12.8. The van der Waals surface area contributed by atoms with Crippen molar-refractivity contribution in [1.29, 1.82) is 0 Å². The van der Waals surface area contributed by atoms with E-state index in [1.165, 1.54) is 0 Å². The van der Waals surface area contributed by atoms with E-state index in [0.29, 0.717) is 6.54 Å². The lowest BCUT2D eigenvalue weighted by atomic mass is 10.2. The Balaban J connectivity index is 2.04. The molecule has 1 amide bonds. The summed E-state index contributed by atoms with van der Waals surface area (Å²) >= 11 is 1.62. The number of aryl methyl sites for hydroxylation is 1. The van der Waals surface area contributed by atoms with E-state index in [1.54, 1.807) is 16.2 Å². The highest BCUT2D eigenvalue weighted by Crippen LogP contribution is 2.16. The highest BCUT2D eigenvalue weighted by atomic mass is 32.1. The van der Waals surface area contributed by atoms with Gasteiger partial charge in [-0.25, -0.2) is 4.98 Å². The van der Waals surface area contributed by atoms with Crippen molar-refractivity contribution in [2.24, 2.45) is 0 Å². The van der Waals surface area contributed by atoms with Crippen LogP contribution in [-0.2, 0) is 11.3 Å². The van der Waals surface area contributed by atoms with Gasteiger partial charge in [0.25, 0.3) is 0 Å². The van der Waals surface area contributed by atoms with Crippen LogP contribution in [-0.4, -0.2) is 39.8 Å². The second-order valence-electron chi connectivity index (χ2n) is 4.65. The van der Waals surface area contributed by atoms with Crippen LogP contribution < -0.4 is 5.32 Å². The van der Waals surface area contributed by atoms with Crippen molar-refractivity contribution in [2.75, 3.05) is 13.6 Å². The van der Waals surface area contributed by atoms with E-state index in [4.69, 9.17) is 0 Å². The summed E-state index contributed by atoms with van der Waals surface area (Å²) in [5, 5.41) is 5.29. The Labute approximate surface area is 117 Å². The van der Waals surface area contributed by atoms with E-state index in [1.807, 2.05) is 39.4 Å². The first-order valence-electron chi connectivity index (χ1n) is 6.44. The number of amides is 1. The number of thiazole rings is 1. The zero-order valence-corrected chi connectivity index (χ0v) is 12.6. The summed E-state index contributed by atoms with van der Waals surface area (Å²) < 4.78 is 2.08. The third-order valence-electron chi connectivity index (χ3n) is 3.36. The fourth-order valence-corrected chi connectivity index (χ4v) is 2.76. The maximum atomic E-state index is 12.0. The molecule has 1 unspecified atom stereocenters. The number of carbonyl (C=O) groups excluding carboxylic acids is 1. The molecule has 2 rings (SSSR count). The van der Waals surface area contributed by atoms with Crippen LogP contribution in [0.4, 0.5) is 0 Å². The number of rotatable bonds is 5. The third kappa shape index (κ3) is 2.79. The lowest BCUT2D eigenvalue weighted by Crippen LogP contribution is -2.42. The first-order chi connectivity index (χ1) is 9.04.